The summed E-state index contributed by atoms with van der Waals surface area (Å²) in [6, 6.07) is 22.5. The van der Waals surface area contributed by atoms with Crippen LogP contribution in [0.5, 0.6) is 0 Å². The summed E-state index contributed by atoms with van der Waals surface area (Å²) >= 11 is 5.21. The number of carbonyl (C=O) groups excluding carboxylic acids is 2. The number of halogens is 1. The van der Waals surface area contributed by atoms with Crippen LogP contribution in [-0.2, 0) is 29.2 Å². The van der Waals surface area contributed by atoms with E-state index in [0.717, 1.165) is 35.0 Å². The first-order valence-corrected chi connectivity index (χ1v) is 13.9. The van der Waals surface area contributed by atoms with E-state index in [0.29, 0.717) is 19.6 Å². The van der Waals surface area contributed by atoms with Gasteiger partial charge in [0, 0.05) is 41.6 Å². The molecule has 3 aromatic rings. The molecule has 35 heavy (non-hydrogen) atoms. The Morgan fingerprint density at radius 3 is 2.57 bits per heavy atom. The first-order chi connectivity index (χ1) is 17.0. The van der Waals surface area contributed by atoms with Crippen molar-refractivity contribution < 1.29 is 9.59 Å². The predicted molar refractivity (Wildman–Crippen MR) is 140 cm³/mol. The van der Waals surface area contributed by atoms with Crippen molar-refractivity contribution in [3.8, 4) is 0 Å². The molecule has 2 amide bonds. The third-order valence-corrected chi connectivity index (χ3v) is 9.44. The van der Waals surface area contributed by atoms with Crippen molar-refractivity contribution in [3.05, 3.63) is 92.6 Å². The zero-order chi connectivity index (χ0) is 24.0. The number of hydrogen-bond acceptors (Lipinski definition) is 4. The van der Waals surface area contributed by atoms with Gasteiger partial charge in [-0.05, 0) is 47.5 Å². The van der Waals surface area contributed by atoms with Crippen molar-refractivity contribution in [2.45, 2.75) is 44.1 Å². The molecule has 0 aliphatic carbocycles. The van der Waals surface area contributed by atoms with E-state index in [-0.39, 0.29) is 35.2 Å². The Bertz CT molecular complexity index is 1220. The summed E-state index contributed by atoms with van der Waals surface area (Å²) < 4.78 is 1.02. The van der Waals surface area contributed by atoms with Crippen molar-refractivity contribution in [1.29, 1.82) is 0 Å². The van der Waals surface area contributed by atoms with Crippen LogP contribution in [0, 0.1) is 11.8 Å². The van der Waals surface area contributed by atoms with Crippen LogP contribution in [0.2, 0.25) is 0 Å². The van der Waals surface area contributed by atoms with Gasteiger partial charge in [0.25, 0.3) is 0 Å². The lowest BCUT2D eigenvalue weighted by atomic mass is 9.72. The highest BCUT2D eigenvalue weighted by atomic mass is 79.9. The van der Waals surface area contributed by atoms with Gasteiger partial charge < -0.3 is 10.2 Å². The molecule has 4 heterocycles. The van der Waals surface area contributed by atoms with E-state index >= 15 is 0 Å². The van der Waals surface area contributed by atoms with Crippen LogP contribution in [-0.4, -0.2) is 39.7 Å². The van der Waals surface area contributed by atoms with E-state index in [1.165, 1.54) is 4.88 Å². The minimum atomic E-state index is -0.313. The van der Waals surface area contributed by atoms with E-state index < -0.39 is 0 Å². The van der Waals surface area contributed by atoms with Crippen molar-refractivity contribution >= 4 is 39.1 Å². The topological polar surface area (TPSA) is 52.7 Å². The molecule has 3 aliphatic heterocycles. The Morgan fingerprint density at radius 2 is 1.83 bits per heavy atom. The highest BCUT2D eigenvalue weighted by Crippen LogP contribution is 2.58. The monoisotopic (exact) mass is 549 g/mol. The van der Waals surface area contributed by atoms with Crippen LogP contribution in [0.4, 0.5) is 0 Å². The zero-order valence-corrected chi connectivity index (χ0v) is 21.8. The maximum Gasteiger partial charge on any atom is 0.228 e. The van der Waals surface area contributed by atoms with Gasteiger partial charge in [0.2, 0.25) is 11.8 Å². The maximum atomic E-state index is 13.9. The summed E-state index contributed by atoms with van der Waals surface area (Å²) in [5.41, 5.74) is 1.92. The number of carbonyl (C=O) groups is 2. The minimum absolute atomic E-state index is 0.00980. The third kappa shape index (κ3) is 4.03. The van der Waals surface area contributed by atoms with Gasteiger partial charge in [0.05, 0.1) is 17.4 Å². The Hall–Kier alpha value is -2.48. The van der Waals surface area contributed by atoms with E-state index in [1.54, 1.807) is 11.3 Å². The third-order valence-electron chi connectivity index (χ3n) is 8.05. The van der Waals surface area contributed by atoms with Crippen LogP contribution < -0.4 is 5.32 Å². The van der Waals surface area contributed by atoms with Crippen LogP contribution in [0.25, 0.3) is 0 Å². The lowest BCUT2D eigenvalue weighted by molar-refractivity contribution is -0.138. The molecular formula is C28H28BrN3O2S. The zero-order valence-electron chi connectivity index (χ0n) is 19.4. The van der Waals surface area contributed by atoms with Crippen LogP contribution in [0.15, 0.2) is 76.6 Å². The standard InChI is InChI=1S/C28H28BrN3O2S/c29-21-10-8-19(9-11-21)15-30-26(33)24-23-12-13-28(32(23)17-22-7-4-14-35-22)18-31(27(34)25(24)28)16-20-5-2-1-3-6-20/h1-11,14,23-25H,12-13,15-18H2,(H,30,33)/t23-,24+,25+,28-/m0/s1. The second-order valence-corrected chi connectivity index (χ2v) is 11.9. The number of fused-ring (bicyclic) bond motifs is 1. The molecule has 5 nitrogen and oxygen atoms in total. The molecule has 3 saturated heterocycles. The molecule has 0 saturated carbocycles. The Labute approximate surface area is 218 Å². The molecular weight excluding hydrogens is 522 g/mol. The van der Waals surface area contributed by atoms with E-state index in [9.17, 15) is 9.59 Å². The van der Waals surface area contributed by atoms with Crippen LogP contribution in [0.1, 0.15) is 28.8 Å². The number of nitrogens with one attached hydrogen (secondary N) is 1. The number of nitrogens with zero attached hydrogens (tertiary/aromatic N) is 2. The highest BCUT2D eigenvalue weighted by molar-refractivity contribution is 9.10. The van der Waals surface area contributed by atoms with Gasteiger partial charge in [-0.2, -0.15) is 0 Å². The molecule has 2 aromatic carbocycles. The molecule has 1 aromatic heterocycles. The molecule has 4 atom stereocenters. The molecule has 7 heteroatoms. The SMILES string of the molecule is O=C(NCc1ccc(Br)cc1)[C@@H]1[C@@H]2CC[C@@]3(CN(Cc4ccccc4)C(=O)[C@@H]13)N2Cc1cccs1. The second-order valence-electron chi connectivity index (χ2n) is 9.94. The molecule has 3 fully saturated rings. The maximum absolute atomic E-state index is 13.9. The largest absolute Gasteiger partial charge is 0.352 e. The quantitative estimate of drug-likeness (QED) is 0.459. The average Bonchev–Trinajstić information content (AvgIpc) is 3.62. The van der Waals surface area contributed by atoms with E-state index in [1.807, 2.05) is 47.4 Å². The van der Waals surface area contributed by atoms with Gasteiger partial charge in [0.1, 0.15) is 0 Å². The van der Waals surface area contributed by atoms with E-state index in [4.69, 9.17) is 0 Å². The Morgan fingerprint density at radius 1 is 1.03 bits per heavy atom. The van der Waals surface area contributed by atoms with Gasteiger partial charge in [-0.25, -0.2) is 0 Å². The Balaban J connectivity index is 1.28. The molecule has 0 radical (unpaired) electrons. The summed E-state index contributed by atoms with van der Waals surface area (Å²) in [5.74, 6) is -0.450. The summed E-state index contributed by atoms with van der Waals surface area (Å²) in [7, 11) is 0. The fourth-order valence-corrected chi connectivity index (χ4v) is 7.53. The van der Waals surface area contributed by atoms with Crippen molar-refractivity contribution in [3.63, 3.8) is 0 Å². The number of benzene rings is 2. The molecule has 1 N–H and O–H groups in total. The molecule has 0 unspecified atom stereocenters. The number of amides is 2. The van der Waals surface area contributed by atoms with Crippen molar-refractivity contribution in [2.75, 3.05) is 6.54 Å². The van der Waals surface area contributed by atoms with Crippen molar-refractivity contribution in [2.24, 2.45) is 11.8 Å². The number of thiophene rings is 1. The molecule has 2 bridgehead atoms. The lowest BCUT2D eigenvalue weighted by Crippen LogP contribution is -2.46. The van der Waals surface area contributed by atoms with Gasteiger partial charge in [-0.3, -0.25) is 14.5 Å². The highest BCUT2D eigenvalue weighted by Gasteiger charge is 2.70. The lowest BCUT2D eigenvalue weighted by Gasteiger charge is -2.34. The van der Waals surface area contributed by atoms with Crippen LogP contribution >= 0.6 is 27.3 Å². The first-order valence-electron chi connectivity index (χ1n) is 12.2. The first kappa shape index (κ1) is 23.0. The fraction of sp³-hybridized carbons (Fsp3) is 0.357. The number of hydrogen-bond donors (Lipinski definition) is 1. The summed E-state index contributed by atoms with van der Waals surface area (Å²) in [6.07, 6.45) is 1.94. The van der Waals surface area contributed by atoms with Gasteiger partial charge in [-0.15, -0.1) is 11.3 Å². The summed E-state index contributed by atoms with van der Waals surface area (Å²) in [6.45, 7) is 2.58. The van der Waals surface area contributed by atoms with Gasteiger partial charge >= 0.3 is 0 Å². The van der Waals surface area contributed by atoms with Crippen LogP contribution in [0.3, 0.4) is 0 Å². The number of likely N-dealkylation sites (tertiary alicyclic amines) is 1. The second kappa shape index (κ2) is 9.19. The van der Waals surface area contributed by atoms with Crippen molar-refractivity contribution in [1.82, 2.24) is 15.1 Å². The van der Waals surface area contributed by atoms with E-state index in [2.05, 4.69) is 55.8 Å². The average molecular weight is 551 g/mol. The van der Waals surface area contributed by atoms with Gasteiger partial charge in [0.15, 0.2) is 0 Å². The number of rotatable bonds is 7. The minimum Gasteiger partial charge on any atom is -0.352 e. The smallest absolute Gasteiger partial charge is 0.228 e. The summed E-state index contributed by atoms with van der Waals surface area (Å²) in [4.78, 5) is 33.3. The normalized spacial score (nSPS) is 27.4. The molecule has 180 valence electrons. The molecule has 3 aliphatic rings. The Kier molecular flexibility index (Phi) is 6.03. The fourth-order valence-electron chi connectivity index (χ4n) is 6.57. The summed E-state index contributed by atoms with van der Waals surface area (Å²) in [5, 5.41) is 5.27. The molecule has 1 spiro atoms. The molecule has 6 rings (SSSR count). The predicted octanol–water partition coefficient (Wildman–Crippen LogP) is 4.82. The van der Waals surface area contributed by atoms with Gasteiger partial charge in [-0.1, -0.05) is 64.5 Å².